The van der Waals surface area contributed by atoms with Crippen LogP contribution in [0.2, 0.25) is 0 Å². The van der Waals surface area contributed by atoms with Gasteiger partial charge in [0.15, 0.2) is 17.2 Å². The Morgan fingerprint density at radius 3 is 2.17 bits per heavy atom. The van der Waals surface area contributed by atoms with E-state index in [9.17, 15) is 34.8 Å². The predicted molar refractivity (Wildman–Crippen MR) is 178 cm³/mol. The van der Waals surface area contributed by atoms with Gasteiger partial charge in [-0.05, 0) is 73.6 Å². The second-order valence-electron chi connectivity index (χ2n) is 15.0. The van der Waals surface area contributed by atoms with E-state index in [-0.39, 0.29) is 41.6 Å². The number of aliphatic hydroxyl groups is 3. The standard InChI is InChI=1S/C39H46O7/c1-19(2)26-16-25(15-22(6)14-24-12-10-21(5)11-13-24)32(41)29-27(26)17-37(8)18-38(9)30(20(3)4)33(42)28(23(7)40)35(44)39(38,46)36(45)31(37)34(29)43/h10-13,16,19-20,30,41,43-44,46H,6,14-15,17-18H2,1-5,7-9H3/t30?,37-,38-,39+/m1/s1. The quantitative estimate of drug-likeness (QED) is 0.193. The third kappa shape index (κ3) is 4.69. The number of allylic oxidation sites excluding steroid dienone is 2. The Kier molecular flexibility index (Phi) is 8.04. The topological polar surface area (TPSA) is 132 Å². The lowest BCUT2D eigenvalue weighted by Gasteiger charge is -2.60. The van der Waals surface area contributed by atoms with Gasteiger partial charge in [0, 0.05) is 22.3 Å². The largest absolute Gasteiger partial charge is 0.508 e. The van der Waals surface area contributed by atoms with Crippen molar-refractivity contribution in [1.29, 1.82) is 0 Å². The van der Waals surface area contributed by atoms with Gasteiger partial charge in [-0.1, -0.05) is 89.6 Å². The predicted octanol–water partition coefficient (Wildman–Crippen LogP) is 6.96. The first-order valence-corrected chi connectivity index (χ1v) is 16.1. The highest BCUT2D eigenvalue weighted by Crippen LogP contribution is 2.65. The van der Waals surface area contributed by atoms with E-state index in [0.717, 1.165) is 29.2 Å². The normalized spacial score (nSPS) is 27.6. The van der Waals surface area contributed by atoms with Gasteiger partial charge in [0.2, 0.25) is 5.78 Å². The number of fused-ring (bicyclic) bond motifs is 3. The van der Waals surface area contributed by atoms with Gasteiger partial charge >= 0.3 is 0 Å². The Bertz CT molecular complexity index is 1750. The molecule has 5 rings (SSSR count). The minimum absolute atomic E-state index is 0.00741. The number of phenols is 1. The van der Waals surface area contributed by atoms with Gasteiger partial charge in [0.25, 0.3) is 0 Å². The Morgan fingerprint density at radius 2 is 1.63 bits per heavy atom. The fourth-order valence-corrected chi connectivity index (χ4v) is 8.85. The summed E-state index contributed by atoms with van der Waals surface area (Å²) >= 11 is 0. The molecule has 2 aromatic rings. The zero-order valence-electron chi connectivity index (χ0n) is 28.2. The number of rotatable bonds is 7. The number of benzene rings is 2. The van der Waals surface area contributed by atoms with E-state index in [0.29, 0.717) is 24.0 Å². The molecule has 2 aromatic carbocycles. The van der Waals surface area contributed by atoms with Crippen LogP contribution in [0.3, 0.4) is 0 Å². The number of phenolic OH excluding ortho intramolecular Hbond substituents is 1. The molecule has 3 aliphatic rings. The fraction of sp³-hybridized carbons (Fsp3) is 0.462. The van der Waals surface area contributed by atoms with E-state index in [2.05, 4.69) is 6.58 Å². The summed E-state index contributed by atoms with van der Waals surface area (Å²) in [4.78, 5) is 41.0. The zero-order valence-corrected chi connectivity index (χ0v) is 28.2. The van der Waals surface area contributed by atoms with Crippen LogP contribution in [-0.4, -0.2) is 43.4 Å². The fourth-order valence-electron chi connectivity index (χ4n) is 8.85. The molecule has 3 aliphatic carbocycles. The third-order valence-electron chi connectivity index (χ3n) is 10.8. The van der Waals surface area contributed by atoms with Crippen molar-refractivity contribution in [2.24, 2.45) is 22.7 Å². The summed E-state index contributed by atoms with van der Waals surface area (Å²) in [5, 5.41) is 47.5. The molecule has 0 aromatic heterocycles. The number of hydrogen-bond acceptors (Lipinski definition) is 7. The first-order chi connectivity index (χ1) is 21.3. The Labute approximate surface area is 271 Å². The van der Waals surface area contributed by atoms with Crippen molar-refractivity contribution in [2.45, 2.75) is 92.6 Å². The molecular weight excluding hydrogens is 580 g/mol. The molecule has 0 amide bonds. The van der Waals surface area contributed by atoms with Gasteiger partial charge in [-0.3, -0.25) is 14.4 Å². The monoisotopic (exact) mass is 626 g/mol. The molecule has 4 N–H and O–H groups in total. The lowest BCUT2D eigenvalue weighted by Crippen LogP contribution is -2.69. The second-order valence-corrected chi connectivity index (χ2v) is 15.0. The highest BCUT2D eigenvalue weighted by Gasteiger charge is 2.72. The first-order valence-electron chi connectivity index (χ1n) is 16.1. The van der Waals surface area contributed by atoms with Gasteiger partial charge in [-0.15, -0.1) is 0 Å². The van der Waals surface area contributed by atoms with Crippen molar-refractivity contribution in [3.8, 4) is 5.75 Å². The summed E-state index contributed by atoms with van der Waals surface area (Å²) in [5.74, 6) is -5.18. The van der Waals surface area contributed by atoms with Crippen LogP contribution in [0.5, 0.6) is 5.75 Å². The minimum atomic E-state index is -2.63. The Hall–Kier alpha value is -3.97. The number of carbonyl (C=O) groups excluding carboxylic acids is 3. The van der Waals surface area contributed by atoms with Crippen LogP contribution >= 0.6 is 0 Å². The van der Waals surface area contributed by atoms with E-state index >= 15 is 0 Å². The number of aryl methyl sites for hydroxylation is 1. The van der Waals surface area contributed by atoms with Crippen molar-refractivity contribution >= 4 is 23.1 Å². The van der Waals surface area contributed by atoms with Crippen LogP contribution in [-0.2, 0) is 33.6 Å². The van der Waals surface area contributed by atoms with E-state index < -0.39 is 56.8 Å². The van der Waals surface area contributed by atoms with Crippen LogP contribution in [0.25, 0.3) is 5.76 Å². The van der Waals surface area contributed by atoms with Crippen molar-refractivity contribution in [2.75, 3.05) is 0 Å². The van der Waals surface area contributed by atoms with Crippen molar-refractivity contribution in [3.05, 3.63) is 92.8 Å². The zero-order chi connectivity index (χ0) is 34.3. The van der Waals surface area contributed by atoms with Crippen LogP contribution in [0.4, 0.5) is 0 Å². The summed E-state index contributed by atoms with van der Waals surface area (Å²) in [5.41, 5.74) is -0.439. The molecule has 0 aliphatic heterocycles. The number of aromatic hydroxyl groups is 1. The molecule has 0 spiro atoms. The maximum Gasteiger partial charge on any atom is 0.203 e. The van der Waals surface area contributed by atoms with E-state index in [1.54, 1.807) is 20.8 Å². The van der Waals surface area contributed by atoms with Gasteiger partial charge in [0.05, 0.1) is 5.56 Å². The molecule has 244 valence electrons. The number of Topliss-reactive ketones (excluding diaryl/α,β-unsaturated/α-hetero) is 3. The number of ketones is 3. The highest BCUT2D eigenvalue weighted by atomic mass is 16.3. The smallest absolute Gasteiger partial charge is 0.203 e. The lowest BCUT2D eigenvalue weighted by atomic mass is 9.43. The summed E-state index contributed by atoms with van der Waals surface area (Å²) in [6.07, 6.45) is 1.27. The van der Waals surface area contributed by atoms with Crippen LogP contribution in [0, 0.1) is 29.6 Å². The average Bonchev–Trinajstić information content (AvgIpc) is 2.92. The van der Waals surface area contributed by atoms with Gasteiger partial charge in [0.1, 0.15) is 22.8 Å². The molecule has 0 heterocycles. The lowest BCUT2D eigenvalue weighted by molar-refractivity contribution is -0.178. The van der Waals surface area contributed by atoms with Crippen molar-refractivity contribution in [1.82, 2.24) is 0 Å². The van der Waals surface area contributed by atoms with Gasteiger partial charge < -0.3 is 20.4 Å². The van der Waals surface area contributed by atoms with E-state index in [4.69, 9.17) is 0 Å². The maximum absolute atomic E-state index is 14.6. The van der Waals surface area contributed by atoms with Crippen molar-refractivity contribution in [3.63, 3.8) is 0 Å². The molecular formula is C39H46O7. The first kappa shape index (κ1) is 33.4. The van der Waals surface area contributed by atoms with E-state index in [1.165, 1.54) is 0 Å². The summed E-state index contributed by atoms with van der Waals surface area (Å²) in [7, 11) is 0. The molecule has 46 heavy (non-hydrogen) atoms. The minimum Gasteiger partial charge on any atom is -0.508 e. The number of hydrogen-bond donors (Lipinski definition) is 4. The summed E-state index contributed by atoms with van der Waals surface area (Å²) in [6, 6.07) is 10.1. The van der Waals surface area contributed by atoms with Crippen molar-refractivity contribution < 1.29 is 34.8 Å². The molecule has 1 fully saturated rings. The highest BCUT2D eigenvalue weighted by molar-refractivity contribution is 6.24. The molecule has 7 nitrogen and oxygen atoms in total. The molecule has 0 bridgehead atoms. The maximum atomic E-state index is 14.6. The molecule has 1 unspecified atom stereocenters. The van der Waals surface area contributed by atoms with Crippen LogP contribution < -0.4 is 0 Å². The third-order valence-corrected chi connectivity index (χ3v) is 10.8. The van der Waals surface area contributed by atoms with E-state index in [1.807, 2.05) is 58.0 Å². The molecule has 7 heteroatoms. The molecule has 0 saturated heterocycles. The SMILES string of the molecule is C=C(Cc1ccc(C)cc1)Cc1cc(C(C)C)c2c(c1O)C(O)=C1C(=O)[C@@]3(O)C(O)=C(C(C)=O)C(=O)C(C(C)C)[C@@]3(C)C[C@@]1(C)C2. The number of aliphatic hydroxyl groups excluding tert-OH is 2. The Morgan fingerprint density at radius 1 is 1.02 bits per heavy atom. The molecule has 4 atom stereocenters. The summed E-state index contributed by atoms with van der Waals surface area (Å²) < 4.78 is 0. The van der Waals surface area contributed by atoms with Crippen LogP contribution in [0.15, 0.2) is 59.4 Å². The summed E-state index contributed by atoms with van der Waals surface area (Å²) in [6.45, 7) is 18.5. The molecule has 0 radical (unpaired) electrons. The number of carbonyl (C=O) groups is 3. The molecule has 1 saturated carbocycles. The van der Waals surface area contributed by atoms with Gasteiger partial charge in [-0.25, -0.2) is 0 Å². The average molecular weight is 627 g/mol. The van der Waals surface area contributed by atoms with Crippen LogP contribution in [0.1, 0.15) is 94.2 Å². The van der Waals surface area contributed by atoms with Gasteiger partial charge in [-0.2, -0.15) is 0 Å². The second kappa shape index (κ2) is 11.1. The Balaban J connectivity index is 1.70.